The number of rotatable bonds is 6. The van der Waals surface area contributed by atoms with Gasteiger partial charge in [-0.3, -0.25) is 4.79 Å². The Kier molecular flexibility index (Phi) is 4.62. The third-order valence-corrected chi connectivity index (χ3v) is 3.73. The first-order chi connectivity index (χ1) is 8.06. The molecule has 5 nitrogen and oxygen atoms in total. The summed E-state index contributed by atoms with van der Waals surface area (Å²) in [5.41, 5.74) is 11.5. The number of thiophene rings is 1. The largest absolute Gasteiger partial charge is 0.492 e. The standard InChI is InChI=1S/C11H19N3O2S/c1-4-6-14(5-2)11-8(16-3)7(12)9(17-11)10(13)15/h4-6,12H2,1-3H3,(H2,13,15). The Morgan fingerprint density at radius 2 is 2.12 bits per heavy atom. The van der Waals surface area contributed by atoms with Gasteiger partial charge in [0.1, 0.15) is 15.6 Å². The highest BCUT2D eigenvalue weighted by Crippen LogP contribution is 2.44. The van der Waals surface area contributed by atoms with Crippen molar-refractivity contribution in [1.82, 2.24) is 0 Å². The van der Waals surface area contributed by atoms with E-state index in [2.05, 4.69) is 18.7 Å². The van der Waals surface area contributed by atoms with Crippen LogP contribution in [0.25, 0.3) is 0 Å². The number of nitrogens with two attached hydrogens (primary N) is 2. The molecule has 0 aliphatic heterocycles. The van der Waals surface area contributed by atoms with Crippen molar-refractivity contribution in [3.63, 3.8) is 0 Å². The maximum absolute atomic E-state index is 11.3. The molecule has 0 saturated heterocycles. The monoisotopic (exact) mass is 257 g/mol. The van der Waals surface area contributed by atoms with Crippen molar-refractivity contribution in [3.05, 3.63) is 4.88 Å². The van der Waals surface area contributed by atoms with E-state index in [1.807, 2.05) is 0 Å². The van der Waals surface area contributed by atoms with E-state index in [0.717, 1.165) is 24.5 Å². The van der Waals surface area contributed by atoms with E-state index in [9.17, 15) is 4.79 Å². The molecule has 1 aromatic heterocycles. The summed E-state index contributed by atoms with van der Waals surface area (Å²) in [5.74, 6) is 0.0451. The third kappa shape index (κ3) is 2.63. The van der Waals surface area contributed by atoms with Crippen molar-refractivity contribution in [2.75, 3.05) is 30.8 Å². The summed E-state index contributed by atoms with van der Waals surface area (Å²) in [4.78, 5) is 13.7. The Morgan fingerprint density at radius 1 is 1.47 bits per heavy atom. The van der Waals surface area contributed by atoms with E-state index in [1.165, 1.54) is 11.3 Å². The van der Waals surface area contributed by atoms with Crippen molar-refractivity contribution >= 4 is 27.9 Å². The second-order valence-corrected chi connectivity index (χ2v) is 4.63. The zero-order valence-electron chi connectivity index (χ0n) is 10.4. The third-order valence-electron chi connectivity index (χ3n) is 2.47. The summed E-state index contributed by atoms with van der Waals surface area (Å²) in [6, 6.07) is 0. The number of ether oxygens (including phenoxy) is 1. The fraction of sp³-hybridized carbons (Fsp3) is 0.545. The van der Waals surface area contributed by atoms with E-state index < -0.39 is 5.91 Å². The molecular formula is C11H19N3O2S. The molecule has 0 unspecified atom stereocenters. The predicted octanol–water partition coefficient (Wildman–Crippen LogP) is 1.67. The average molecular weight is 257 g/mol. The first-order valence-corrected chi connectivity index (χ1v) is 6.39. The summed E-state index contributed by atoms with van der Waals surface area (Å²) in [5, 5.41) is 0.878. The minimum atomic E-state index is -0.510. The summed E-state index contributed by atoms with van der Waals surface area (Å²) < 4.78 is 5.27. The Labute approximate surface area is 105 Å². The van der Waals surface area contributed by atoms with Crippen LogP contribution in [0.4, 0.5) is 10.7 Å². The maximum atomic E-state index is 11.3. The summed E-state index contributed by atoms with van der Waals surface area (Å²) >= 11 is 1.29. The van der Waals surface area contributed by atoms with E-state index >= 15 is 0 Å². The lowest BCUT2D eigenvalue weighted by Gasteiger charge is -2.21. The lowest BCUT2D eigenvalue weighted by molar-refractivity contribution is 0.100. The first kappa shape index (κ1) is 13.6. The molecule has 0 aliphatic rings. The number of nitrogens with zero attached hydrogens (tertiary/aromatic N) is 1. The van der Waals surface area contributed by atoms with Gasteiger partial charge in [-0.25, -0.2) is 0 Å². The Bertz CT molecular complexity index is 404. The molecule has 6 heteroatoms. The number of methoxy groups -OCH3 is 1. The summed E-state index contributed by atoms with van der Waals surface area (Å²) in [6.45, 7) is 5.88. The normalized spacial score (nSPS) is 10.3. The van der Waals surface area contributed by atoms with Crippen LogP contribution >= 0.6 is 11.3 Å². The van der Waals surface area contributed by atoms with Gasteiger partial charge < -0.3 is 21.1 Å². The molecule has 0 saturated carbocycles. The van der Waals surface area contributed by atoms with Gasteiger partial charge >= 0.3 is 0 Å². The van der Waals surface area contributed by atoms with Crippen molar-refractivity contribution < 1.29 is 9.53 Å². The van der Waals surface area contributed by atoms with Gasteiger partial charge in [-0.1, -0.05) is 6.92 Å². The smallest absolute Gasteiger partial charge is 0.261 e. The quantitative estimate of drug-likeness (QED) is 0.812. The highest BCUT2D eigenvalue weighted by Gasteiger charge is 2.23. The van der Waals surface area contributed by atoms with Crippen LogP contribution in [0.5, 0.6) is 5.75 Å². The van der Waals surface area contributed by atoms with Crippen LogP contribution in [0.15, 0.2) is 0 Å². The second kappa shape index (κ2) is 5.77. The number of carbonyl (C=O) groups is 1. The fourth-order valence-electron chi connectivity index (χ4n) is 1.68. The molecule has 0 atom stereocenters. The van der Waals surface area contributed by atoms with Gasteiger partial charge in [0, 0.05) is 13.1 Å². The van der Waals surface area contributed by atoms with Crippen LogP contribution in [-0.4, -0.2) is 26.1 Å². The van der Waals surface area contributed by atoms with Crippen LogP contribution in [-0.2, 0) is 0 Å². The molecule has 0 radical (unpaired) electrons. The molecule has 17 heavy (non-hydrogen) atoms. The molecule has 0 aliphatic carbocycles. The van der Waals surface area contributed by atoms with Gasteiger partial charge in [-0.05, 0) is 13.3 Å². The van der Waals surface area contributed by atoms with Crippen molar-refractivity contribution in [1.29, 1.82) is 0 Å². The number of primary amides is 1. The number of anilines is 2. The van der Waals surface area contributed by atoms with E-state index in [-0.39, 0.29) is 0 Å². The number of hydrogen-bond donors (Lipinski definition) is 2. The maximum Gasteiger partial charge on any atom is 0.261 e. The van der Waals surface area contributed by atoms with Gasteiger partial charge in [-0.2, -0.15) is 0 Å². The van der Waals surface area contributed by atoms with Crippen LogP contribution in [0.2, 0.25) is 0 Å². The van der Waals surface area contributed by atoms with Crippen LogP contribution < -0.4 is 21.1 Å². The van der Waals surface area contributed by atoms with E-state index in [1.54, 1.807) is 7.11 Å². The number of nitrogen functional groups attached to an aromatic ring is 1. The highest BCUT2D eigenvalue weighted by molar-refractivity contribution is 7.19. The highest BCUT2D eigenvalue weighted by atomic mass is 32.1. The molecule has 1 heterocycles. The van der Waals surface area contributed by atoms with Gasteiger partial charge in [0.15, 0.2) is 5.75 Å². The van der Waals surface area contributed by atoms with Gasteiger partial charge in [-0.15, -0.1) is 11.3 Å². The minimum Gasteiger partial charge on any atom is -0.492 e. The zero-order chi connectivity index (χ0) is 13.0. The van der Waals surface area contributed by atoms with Crippen LogP contribution in [0, 0.1) is 0 Å². The van der Waals surface area contributed by atoms with Crippen molar-refractivity contribution in [2.45, 2.75) is 20.3 Å². The number of hydrogen-bond acceptors (Lipinski definition) is 5. The molecule has 1 rings (SSSR count). The van der Waals surface area contributed by atoms with Crippen LogP contribution in [0.3, 0.4) is 0 Å². The lowest BCUT2D eigenvalue weighted by atomic mass is 10.3. The number of amides is 1. The van der Waals surface area contributed by atoms with Gasteiger partial charge in [0.05, 0.1) is 7.11 Å². The summed E-state index contributed by atoms with van der Waals surface area (Å²) in [7, 11) is 1.55. The van der Waals surface area contributed by atoms with Gasteiger partial charge in [0.25, 0.3) is 5.91 Å². The first-order valence-electron chi connectivity index (χ1n) is 5.57. The molecule has 4 N–H and O–H groups in total. The molecule has 0 spiro atoms. The molecule has 0 fully saturated rings. The predicted molar refractivity (Wildman–Crippen MR) is 72.0 cm³/mol. The average Bonchev–Trinajstić information content (AvgIpc) is 2.63. The lowest BCUT2D eigenvalue weighted by Crippen LogP contribution is -2.22. The minimum absolute atomic E-state index is 0.342. The van der Waals surface area contributed by atoms with Gasteiger partial charge in [0.2, 0.25) is 0 Å². The Hall–Kier alpha value is -1.43. The Morgan fingerprint density at radius 3 is 2.53 bits per heavy atom. The molecule has 96 valence electrons. The molecule has 0 aromatic carbocycles. The van der Waals surface area contributed by atoms with Crippen molar-refractivity contribution in [3.8, 4) is 5.75 Å². The van der Waals surface area contributed by atoms with Crippen LogP contribution in [0.1, 0.15) is 29.9 Å². The zero-order valence-corrected chi connectivity index (χ0v) is 11.3. The SMILES string of the molecule is CCCN(CC)c1sc(C(N)=O)c(N)c1OC. The molecular weight excluding hydrogens is 238 g/mol. The summed E-state index contributed by atoms with van der Waals surface area (Å²) in [6.07, 6.45) is 1.01. The Balaban J connectivity index is 3.22. The van der Waals surface area contributed by atoms with E-state index in [0.29, 0.717) is 16.3 Å². The molecule has 0 bridgehead atoms. The second-order valence-electron chi connectivity index (χ2n) is 3.63. The molecule has 1 amide bonds. The van der Waals surface area contributed by atoms with Crippen molar-refractivity contribution in [2.24, 2.45) is 5.73 Å². The number of carbonyl (C=O) groups excluding carboxylic acids is 1. The molecule has 1 aromatic rings. The topological polar surface area (TPSA) is 81.6 Å². The van der Waals surface area contributed by atoms with E-state index in [4.69, 9.17) is 16.2 Å². The fourth-order valence-corrected chi connectivity index (χ4v) is 2.81.